The van der Waals surface area contributed by atoms with E-state index < -0.39 is 0 Å². The van der Waals surface area contributed by atoms with Gasteiger partial charge >= 0.3 is 5.69 Å². The SMILES string of the molecule is CC1CCCCN1c1ncnc(N2CCC(Cc3ccccc3)CC2)c1[N+](=O)[O-]. The molecule has 2 aliphatic rings. The van der Waals surface area contributed by atoms with Gasteiger partial charge in [-0.15, -0.1) is 0 Å². The maximum Gasteiger partial charge on any atom is 0.353 e. The lowest BCUT2D eigenvalue weighted by Crippen LogP contribution is -2.39. The summed E-state index contributed by atoms with van der Waals surface area (Å²) in [7, 11) is 0. The predicted octanol–water partition coefficient (Wildman–Crippen LogP) is 4.22. The Hall–Kier alpha value is -2.70. The third kappa shape index (κ3) is 4.33. The van der Waals surface area contributed by atoms with Crippen LogP contribution in [-0.4, -0.2) is 40.6 Å². The molecule has 0 N–H and O–H groups in total. The van der Waals surface area contributed by atoms with Gasteiger partial charge in [-0.25, -0.2) is 9.97 Å². The van der Waals surface area contributed by atoms with Gasteiger partial charge < -0.3 is 9.80 Å². The molecular weight excluding hydrogens is 366 g/mol. The van der Waals surface area contributed by atoms with Gasteiger partial charge in [-0.05, 0) is 56.9 Å². The van der Waals surface area contributed by atoms with E-state index in [1.165, 1.54) is 18.3 Å². The highest BCUT2D eigenvalue weighted by Gasteiger charge is 2.34. The van der Waals surface area contributed by atoms with E-state index in [1.54, 1.807) is 0 Å². The van der Waals surface area contributed by atoms with Crippen molar-refractivity contribution in [2.45, 2.75) is 51.5 Å². The Morgan fingerprint density at radius 3 is 2.45 bits per heavy atom. The van der Waals surface area contributed by atoms with Crippen molar-refractivity contribution >= 4 is 17.3 Å². The number of anilines is 2. The molecule has 0 spiro atoms. The predicted molar refractivity (Wildman–Crippen MR) is 114 cm³/mol. The van der Waals surface area contributed by atoms with Gasteiger partial charge in [-0.3, -0.25) is 10.1 Å². The van der Waals surface area contributed by atoms with Crippen LogP contribution >= 0.6 is 0 Å². The zero-order chi connectivity index (χ0) is 20.2. The molecule has 1 aromatic heterocycles. The van der Waals surface area contributed by atoms with Crippen molar-refractivity contribution in [2.75, 3.05) is 29.4 Å². The van der Waals surface area contributed by atoms with Crippen LogP contribution in [0.3, 0.4) is 0 Å². The van der Waals surface area contributed by atoms with Crippen molar-refractivity contribution in [2.24, 2.45) is 5.92 Å². The van der Waals surface area contributed by atoms with Crippen molar-refractivity contribution in [1.82, 2.24) is 9.97 Å². The lowest BCUT2D eigenvalue weighted by molar-refractivity contribution is -0.383. The Morgan fingerprint density at radius 1 is 1.03 bits per heavy atom. The Balaban J connectivity index is 1.51. The quantitative estimate of drug-likeness (QED) is 0.557. The van der Waals surface area contributed by atoms with Crippen molar-refractivity contribution in [1.29, 1.82) is 0 Å². The minimum absolute atomic E-state index is 0.0720. The largest absolute Gasteiger partial charge is 0.353 e. The second kappa shape index (κ2) is 8.76. The summed E-state index contributed by atoms with van der Waals surface area (Å²) in [6, 6.07) is 10.8. The zero-order valence-corrected chi connectivity index (χ0v) is 17.0. The van der Waals surface area contributed by atoms with Crippen LogP contribution in [0.5, 0.6) is 0 Å². The summed E-state index contributed by atoms with van der Waals surface area (Å²) in [6.07, 6.45) is 7.86. The van der Waals surface area contributed by atoms with Gasteiger partial charge in [0.1, 0.15) is 6.33 Å². The molecule has 7 heteroatoms. The van der Waals surface area contributed by atoms with E-state index in [0.717, 1.165) is 51.7 Å². The lowest BCUT2D eigenvalue weighted by atomic mass is 9.90. The van der Waals surface area contributed by atoms with Crippen LogP contribution in [-0.2, 0) is 6.42 Å². The van der Waals surface area contributed by atoms with Crippen molar-refractivity contribution in [3.63, 3.8) is 0 Å². The fourth-order valence-electron chi connectivity index (χ4n) is 4.67. The zero-order valence-electron chi connectivity index (χ0n) is 17.0. The summed E-state index contributed by atoms with van der Waals surface area (Å²) in [5.41, 5.74) is 1.43. The summed E-state index contributed by atoms with van der Waals surface area (Å²) in [4.78, 5) is 24.6. The molecule has 0 bridgehead atoms. The van der Waals surface area contributed by atoms with Gasteiger partial charge in [0.25, 0.3) is 0 Å². The highest BCUT2D eigenvalue weighted by molar-refractivity contribution is 5.71. The molecule has 0 aliphatic carbocycles. The van der Waals surface area contributed by atoms with Gasteiger partial charge in [-0.1, -0.05) is 30.3 Å². The Kier molecular flexibility index (Phi) is 5.92. The first kappa shape index (κ1) is 19.6. The molecule has 1 aromatic carbocycles. The van der Waals surface area contributed by atoms with Crippen molar-refractivity contribution in [3.8, 4) is 0 Å². The van der Waals surface area contributed by atoms with E-state index in [4.69, 9.17) is 0 Å². The lowest BCUT2D eigenvalue weighted by Gasteiger charge is -2.35. The summed E-state index contributed by atoms with van der Waals surface area (Å²) >= 11 is 0. The fourth-order valence-corrected chi connectivity index (χ4v) is 4.67. The Labute approximate surface area is 171 Å². The summed E-state index contributed by atoms with van der Waals surface area (Å²) < 4.78 is 0. The molecule has 0 radical (unpaired) electrons. The number of rotatable bonds is 5. The van der Waals surface area contributed by atoms with Crippen LogP contribution in [0, 0.1) is 16.0 Å². The minimum atomic E-state index is -0.290. The highest BCUT2D eigenvalue weighted by Crippen LogP contribution is 2.38. The van der Waals surface area contributed by atoms with Gasteiger partial charge in [0.05, 0.1) is 4.92 Å². The number of nitrogens with zero attached hydrogens (tertiary/aromatic N) is 5. The van der Waals surface area contributed by atoms with Crippen LogP contribution < -0.4 is 9.80 Å². The van der Waals surface area contributed by atoms with Crippen LogP contribution in [0.2, 0.25) is 0 Å². The first-order valence-electron chi connectivity index (χ1n) is 10.7. The van der Waals surface area contributed by atoms with Gasteiger partial charge in [0.2, 0.25) is 11.6 Å². The van der Waals surface area contributed by atoms with Gasteiger partial charge in [0, 0.05) is 25.7 Å². The molecule has 2 aliphatic heterocycles. The van der Waals surface area contributed by atoms with Crippen LogP contribution in [0.25, 0.3) is 0 Å². The standard InChI is InChI=1S/C22H29N5O2/c1-17-7-5-6-12-26(17)22-20(27(28)29)21(23-16-24-22)25-13-10-19(11-14-25)15-18-8-3-2-4-9-18/h2-4,8-9,16-17,19H,5-7,10-15H2,1H3. The van der Waals surface area contributed by atoms with Crippen LogP contribution in [0.1, 0.15) is 44.6 Å². The topological polar surface area (TPSA) is 75.4 Å². The summed E-state index contributed by atoms with van der Waals surface area (Å²) in [6.45, 7) is 4.53. The second-order valence-electron chi connectivity index (χ2n) is 8.28. The second-order valence-corrected chi connectivity index (χ2v) is 8.28. The maximum atomic E-state index is 12.0. The van der Waals surface area contributed by atoms with E-state index >= 15 is 0 Å². The highest BCUT2D eigenvalue weighted by atomic mass is 16.6. The van der Waals surface area contributed by atoms with E-state index in [-0.39, 0.29) is 16.7 Å². The summed E-state index contributed by atoms with van der Waals surface area (Å²) in [5, 5.41) is 12.0. The molecule has 4 rings (SSSR count). The number of hydrogen-bond acceptors (Lipinski definition) is 6. The first-order valence-corrected chi connectivity index (χ1v) is 10.7. The molecule has 0 amide bonds. The van der Waals surface area contributed by atoms with Crippen molar-refractivity contribution in [3.05, 3.63) is 52.3 Å². The third-order valence-corrected chi connectivity index (χ3v) is 6.32. The molecule has 1 unspecified atom stereocenters. The van der Waals surface area contributed by atoms with Crippen LogP contribution in [0.15, 0.2) is 36.7 Å². The third-order valence-electron chi connectivity index (χ3n) is 6.32. The fraction of sp³-hybridized carbons (Fsp3) is 0.545. The molecule has 1 atom stereocenters. The van der Waals surface area contributed by atoms with E-state index in [2.05, 4.69) is 51.0 Å². The van der Waals surface area contributed by atoms with E-state index in [9.17, 15) is 10.1 Å². The number of aromatic nitrogens is 2. The molecule has 154 valence electrons. The average molecular weight is 396 g/mol. The van der Waals surface area contributed by atoms with Gasteiger partial charge in [0.15, 0.2) is 0 Å². The smallest absolute Gasteiger partial charge is 0.351 e. The molecule has 2 fully saturated rings. The molecule has 3 heterocycles. The molecule has 2 saturated heterocycles. The Morgan fingerprint density at radius 2 is 1.76 bits per heavy atom. The molecule has 29 heavy (non-hydrogen) atoms. The molecule has 2 aromatic rings. The number of benzene rings is 1. The average Bonchev–Trinajstić information content (AvgIpc) is 2.75. The summed E-state index contributed by atoms with van der Waals surface area (Å²) in [5.74, 6) is 1.57. The minimum Gasteiger partial charge on any atom is -0.351 e. The number of nitro groups is 1. The monoisotopic (exact) mass is 395 g/mol. The van der Waals surface area contributed by atoms with E-state index in [1.807, 2.05) is 6.07 Å². The van der Waals surface area contributed by atoms with Crippen LogP contribution in [0.4, 0.5) is 17.3 Å². The van der Waals surface area contributed by atoms with Crippen molar-refractivity contribution < 1.29 is 4.92 Å². The number of piperidine rings is 2. The van der Waals surface area contributed by atoms with E-state index in [0.29, 0.717) is 17.6 Å². The molecular formula is C22H29N5O2. The molecule has 7 nitrogen and oxygen atoms in total. The normalized spacial score (nSPS) is 20.7. The Bertz CT molecular complexity index is 836. The first-order chi connectivity index (χ1) is 14.1. The van der Waals surface area contributed by atoms with Gasteiger partial charge in [-0.2, -0.15) is 0 Å². The molecule has 0 saturated carbocycles. The number of hydrogen-bond donors (Lipinski definition) is 0. The maximum absolute atomic E-state index is 12.0.